The quantitative estimate of drug-likeness (QED) is 0.851. The van der Waals surface area contributed by atoms with Gasteiger partial charge in [-0.05, 0) is 31.7 Å². The Balaban J connectivity index is 2.16. The number of hydrogen-bond acceptors (Lipinski definition) is 6. The number of hydrogen-bond donors (Lipinski definition) is 1. The predicted octanol–water partition coefficient (Wildman–Crippen LogP) is 3.28. The van der Waals surface area contributed by atoms with Crippen LogP contribution in [0.3, 0.4) is 0 Å². The normalized spacial score (nSPS) is 16.9. The molecule has 1 unspecified atom stereocenters. The maximum absolute atomic E-state index is 12.6. The van der Waals surface area contributed by atoms with Gasteiger partial charge in [0, 0.05) is 10.6 Å². The summed E-state index contributed by atoms with van der Waals surface area (Å²) in [4.78, 5) is 18.1. The second-order valence-electron chi connectivity index (χ2n) is 5.33. The molecule has 0 saturated heterocycles. The van der Waals surface area contributed by atoms with Crippen molar-refractivity contribution in [2.75, 3.05) is 11.9 Å². The van der Waals surface area contributed by atoms with Crippen molar-refractivity contribution in [3.05, 3.63) is 39.5 Å². The highest BCUT2D eigenvalue weighted by molar-refractivity contribution is 7.10. The molecule has 1 aliphatic rings. The van der Waals surface area contributed by atoms with Gasteiger partial charge in [0.2, 0.25) is 5.95 Å². The molecule has 2 aromatic heterocycles. The van der Waals surface area contributed by atoms with Crippen LogP contribution in [0.5, 0.6) is 0 Å². The van der Waals surface area contributed by atoms with Crippen LogP contribution in [0.2, 0.25) is 0 Å². The van der Waals surface area contributed by atoms with Crippen LogP contribution >= 0.6 is 11.3 Å². The Morgan fingerprint density at radius 1 is 1.48 bits per heavy atom. The third kappa shape index (κ3) is 2.88. The molecular formula is C16H20N4O2S. The summed E-state index contributed by atoms with van der Waals surface area (Å²) in [6, 6.07) is 3.71. The summed E-state index contributed by atoms with van der Waals surface area (Å²) < 4.78 is 7.10. The molecule has 0 aromatic carbocycles. The lowest BCUT2D eigenvalue weighted by Crippen LogP contribution is -2.30. The second-order valence-corrected chi connectivity index (χ2v) is 6.31. The lowest BCUT2D eigenvalue weighted by atomic mass is 9.99. The summed E-state index contributed by atoms with van der Waals surface area (Å²) in [5, 5.41) is 9.76. The first kappa shape index (κ1) is 15.7. The molecule has 0 aliphatic carbocycles. The monoisotopic (exact) mass is 332 g/mol. The lowest BCUT2D eigenvalue weighted by Gasteiger charge is -2.28. The largest absolute Gasteiger partial charge is 0.463 e. The first-order valence-corrected chi connectivity index (χ1v) is 8.67. The van der Waals surface area contributed by atoms with Gasteiger partial charge in [0.25, 0.3) is 0 Å². The smallest absolute Gasteiger partial charge is 0.338 e. The van der Waals surface area contributed by atoms with Gasteiger partial charge in [-0.3, -0.25) is 0 Å². The molecule has 23 heavy (non-hydrogen) atoms. The Bertz CT molecular complexity index is 733. The van der Waals surface area contributed by atoms with Crippen molar-refractivity contribution in [1.82, 2.24) is 14.8 Å². The van der Waals surface area contributed by atoms with E-state index in [1.807, 2.05) is 31.4 Å². The van der Waals surface area contributed by atoms with Crippen molar-refractivity contribution in [2.24, 2.45) is 0 Å². The Labute approximate surface area is 139 Å². The number of allylic oxidation sites excluding steroid dienone is 1. The van der Waals surface area contributed by atoms with Crippen molar-refractivity contribution in [3.63, 3.8) is 0 Å². The number of nitrogens with one attached hydrogen (secondary N) is 1. The number of fused-ring (bicyclic) bond motifs is 1. The van der Waals surface area contributed by atoms with Gasteiger partial charge in [-0.2, -0.15) is 10.1 Å². The third-order valence-electron chi connectivity index (χ3n) is 3.65. The van der Waals surface area contributed by atoms with Gasteiger partial charge in [0.1, 0.15) is 11.9 Å². The highest BCUT2D eigenvalue weighted by Crippen LogP contribution is 2.38. The Hall–Kier alpha value is -2.15. The fourth-order valence-corrected chi connectivity index (χ4v) is 3.60. The first-order valence-electron chi connectivity index (χ1n) is 7.79. The van der Waals surface area contributed by atoms with Crippen molar-refractivity contribution in [2.45, 2.75) is 39.7 Å². The Morgan fingerprint density at radius 3 is 2.96 bits per heavy atom. The molecule has 0 radical (unpaired) electrons. The number of carbonyl (C=O) groups excluding carboxylic acids is 1. The zero-order valence-corrected chi connectivity index (χ0v) is 14.3. The summed E-state index contributed by atoms with van der Waals surface area (Å²) in [5.41, 5.74) is 1.51. The molecule has 0 fully saturated rings. The molecule has 6 nitrogen and oxygen atoms in total. The average molecular weight is 332 g/mol. The summed E-state index contributed by atoms with van der Waals surface area (Å²) >= 11 is 1.60. The summed E-state index contributed by atoms with van der Waals surface area (Å²) in [5.74, 6) is 1.06. The Kier molecular flexibility index (Phi) is 4.47. The fraction of sp³-hybridized carbons (Fsp3) is 0.438. The average Bonchev–Trinajstić information content (AvgIpc) is 3.14. The van der Waals surface area contributed by atoms with Gasteiger partial charge in [0.05, 0.1) is 12.2 Å². The minimum atomic E-state index is -0.291. The van der Waals surface area contributed by atoms with Crippen molar-refractivity contribution in [3.8, 4) is 0 Å². The number of anilines is 1. The van der Waals surface area contributed by atoms with Crippen LogP contribution in [0.15, 0.2) is 28.8 Å². The number of nitrogens with zero attached hydrogens (tertiary/aromatic N) is 3. The van der Waals surface area contributed by atoms with Gasteiger partial charge in [-0.25, -0.2) is 9.48 Å². The van der Waals surface area contributed by atoms with Crippen LogP contribution in [0.1, 0.15) is 43.4 Å². The van der Waals surface area contributed by atoms with E-state index in [1.165, 1.54) is 0 Å². The minimum absolute atomic E-state index is 0.284. The van der Waals surface area contributed by atoms with Crippen molar-refractivity contribution >= 4 is 23.3 Å². The van der Waals surface area contributed by atoms with E-state index >= 15 is 0 Å². The van der Waals surface area contributed by atoms with Crippen LogP contribution in [0.25, 0.3) is 0 Å². The van der Waals surface area contributed by atoms with Gasteiger partial charge in [-0.15, -0.1) is 11.3 Å². The van der Waals surface area contributed by atoms with Crippen molar-refractivity contribution in [1.29, 1.82) is 0 Å². The van der Waals surface area contributed by atoms with Crippen molar-refractivity contribution < 1.29 is 9.53 Å². The fourth-order valence-electron chi connectivity index (χ4n) is 2.79. The molecule has 1 aliphatic heterocycles. The highest BCUT2D eigenvalue weighted by Gasteiger charge is 2.36. The molecule has 0 saturated carbocycles. The van der Waals surface area contributed by atoms with Gasteiger partial charge < -0.3 is 10.1 Å². The maximum atomic E-state index is 12.6. The molecule has 7 heteroatoms. The number of rotatable bonds is 5. The van der Waals surface area contributed by atoms with E-state index in [0.717, 1.165) is 23.4 Å². The first-order chi connectivity index (χ1) is 11.2. The SMILES string of the molecule is CCCC1=C(C(=O)OCC)C(c2cccs2)n2nc(C)nc2N1. The molecule has 3 rings (SSSR count). The second kappa shape index (κ2) is 6.54. The molecule has 1 N–H and O–H groups in total. The molecule has 0 amide bonds. The van der Waals surface area contributed by atoms with E-state index in [4.69, 9.17) is 4.74 Å². The summed E-state index contributed by atoms with van der Waals surface area (Å²) in [6.45, 7) is 6.10. The molecular weight excluding hydrogens is 312 g/mol. The number of aryl methyl sites for hydroxylation is 1. The molecule has 0 bridgehead atoms. The van der Waals surface area contributed by atoms with E-state index in [0.29, 0.717) is 24.0 Å². The van der Waals surface area contributed by atoms with Crippen LogP contribution < -0.4 is 5.32 Å². The summed E-state index contributed by atoms with van der Waals surface area (Å²) in [6.07, 6.45) is 1.69. The zero-order chi connectivity index (χ0) is 16.4. The number of esters is 1. The number of thiophene rings is 1. The highest BCUT2D eigenvalue weighted by atomic mass is 32.1. The van der Waals surface area contributed by atoms with E-state index in [1.54, 1.807) is 16.0 Å². The van der Waals surface area contributed by atoms with Crippen LogP contribution in [0, 0.1) is 6.92 Å². The van der Waals surface area contributed by atoms with E-state index in [-0.39, 0.29) is 12.0 Å². The molecule has 122 valence electrons. The topological polar surface area (TPSA) is 69.0 Å². The summed E-state index contributed by atoms with van der Waals surface area (Å²) in [7, 11) is 0. The zero-order valence-electron chi connectivity index (χ0n) is 13.5. The van der Waals surface area contributed by atoms with Gasteiger partial charge >= 0.3 is 5.97 Å². The standard InChI is InChI=1S/C16H20N4O2S/c1-4-7-11-13(15(21)22-5-2)14(12-8-6-9-23-12)20-16(18-11)17-10(3)19-20/h6,8-9,14H,4-5,7H2,1-3H3,(H,17,18,19). The van der Waals surface area contributed by atoms with E-state index in [2.05, 4.69) is 22.3 Å². The number of ether oxygens (including phenoxy) is 1. The molecule has 1 atom stereocenters. The van der Waals surface area contributed by atoms with Gasteiger partial charge in [-0.1, -0.05) is 19.4 Å². The predicted molar refractivity (Wildman–Crippen MR) is 89.4 cm³/mol. The van der Waals surface area contributed by atoms with Gasteiger partial charge in [0.15, 0.2) is 0 Å². The molecule has 3 heterocycles. The van der Waals surface area contributed by atoms with Crippen LogP contribution in [-0.4, -0.2) is 27.3 Å². The number of carbonyl (C=O) groups is 1. The maximum Gasteiger partial charge on any atom is 0.338 e. The number of aromatic nitrogens is 3. The van der Waals surface area contributed by atoms with Crippen LogP contribution in [0.4, 0.5) is 5.95 Å². The van der Waals surface area contributed by atoms with E-state index in [9.17, 15) is 4.79 Å². The van der Waals surface area contributed by atoms with Crippen LogP contribution in [-0.2, 0) is 9.53 Å². The van der Waals surface area contributed by atoms with E-state index < -0.39 is 0 Å². The minimum Gasteiger partial charge on any atom is -0.463 e. The lowest BCUT2D eigenvalue weighted by molar-refractivity contribution is -0.139. The Morgan fingerprint density at radius 2 is 2.30 bits per heavy atom. The molecule has 2 aromatic rings. The molecule has 0 spiro atoms. The third-order valence-corrected chi connectivity index (χ3v) is 4.58.